The van der Waals surface area contributed by atoms with Gasteiger partial charge in [-0.15, -0.1) is 0 Å². The van der Waals surface area contributed by atoms with Crippen LogP contribution in [-0.4, -0.2) is 35.8 Å². The van der Waals surface area contributed by atoms with E-state index in [1.54, 1.807) is 12.1 Å². The highest BCUT2D eigenvalue weighted by Gasteiger charge is 2.26. The maximum atomic E-state index is 14.0. The minimum Gasteiger partial charge on any atom is -0.486 e. The van der Waals surface area contributed by atoms with Crippen LogP contribution in [0.15, 0.2) is 36.4 Å². The summed E-state index contributed by atoms with van der Waals surface area (Å²) in [7, 11) is 0. The van der Waals surface area contributed by atoms with Crippen LogP contribution in [0.25, 0.3) is 21.8 Å². The molecule has 0 fully saturated rings. The van der Waals surface area contributed by atoms with E-state index in [0.29, 0.717) is 19.1 Å². The molecule has 5 nitrogen and oxygen atoms in total. The van der Waals surface area contributed by atoms with E-state index >= 15 is 0 Å². The van der Waals surface area contributed by atoms with Crippen molar-refractivity contribution < 1.29 is 13.9 Å². The third-order valence-corrected chi connectivity index (χ3v) is 7.06. The van der Waals surface area contributed by atoms with E-state index < -0.39 is 0 Å². The molecule has 3 heterocycles. The fraction of sp³-hybridized carbons (Fsp3) is 0.346. The first kappa shape index (κ1) is 20.8. The molecule has 2 aromatic heterocycles. The molecular formula is C26H25ClFN3O2. The summed E-state index contributed by atoms with van der Waals surface area (Å²) >= 11 is 5.96. The van der Waals surface area contributed by atoms with Crippen molar-refractivity contribution in [3.05, 3.63) is 64.2 Å². The number of benzene rings is 2. The molecule has 0 amide bonds. The van der Waals surface area contributed by atoms with Crippen LogP contribution in [0.3, 0.4) is 0 Å². The van der Waals surface area contributed by atoms with Gasteiger partial charge < -0.3 is 19.8 Å². The number of hydrogen-bond donors (Lipinski definition) is 2. The summed E-state index contributed by atoms with van der Waals surface area (Å²) in [5.41, 5.74) is 5.25. The lowest BCUT2D eigenvalue weighted by Gasteiger charge is -2.29. The number of hydrogen-bond acceptors (Lipinski definition) is 4. The number of aromatic amines is 1. The second-order valence-corrected chi connectivity index (χ2v) is 9.53. The van der Waals surface area contributed by atoms with Gasteiger partial charge in [-0.25, -0.2) is 4.39 Å². The molecule has 0 radical (unpaired) electrons. The Balaban J connectivity index is 1.11. The van der Waals surface area contributed by atoms with Crippen molar-refractivity contribution >= 4 is 33.4 Å². The van der Waals surface area contributed by atoms with E-state index in [4.69, 9.17) is 21.1 Å². The van der Waals surface area contributed by atoms with E-state index in [1.165, 1.54) is 11.3 Å². The zero-order valence-corrected chi connectivity index (χ0v) is 19.1. The van der Waals surface area contributed by atoms with Crippen LogP contribution in [0.2, 0.25) is 5.02 Å². The highest BCUT2D eigenvalue weighted by atomic mass is 35.5. The first-order chi connectivity index (χ1) is 16.0. The highest BCUT2D eigenvalue weighted by molar-refractivity contribution is 6.31. The molecule has 2 aromatic carbocycles. The van der Waals surface area contributed by atoms with E-state index in [-0.39, 0.29) is 16.9 Å². The quantitative estimate of drug-likeness (QED) is 0.426. The lowest BCUT2D eigenvalue weighted by molar-refractivity contribution is 0.0915. The van der Waals surface area contributed by atoms with Crippen molar-refractivity contribution in [3.8, 4) is 11.5 Å². The van der Waals surface area contributed by atoms with Crippen LogP contribution in [0, 0.1) is 18.7 Å². The van der Waals surface area contributed by atoms with Crippen LogP contribution in [0.4, 0.5) is 4.39 Å². The third-order valence-electron chi connectivity index (χ3n) is 6.77. The Morgan fingerprint density at radius 2 is 2.09 bits per heavy atom. The highest BCUT2D eigenvalue weighted by Crippen LogP contribution is 2.38. The summed E-state index contributed by atoms with van der Waals surface area (Å²) < 4.78 is 26.3. The molecule has 0 saturated carbocycles. The Kier molecular flexibility index (Phi) is 5.15. The van der Waals surface area contributed by atoms with Gasteiger partial charge in [0.05, 0.1) is 10.5 Å². The minimum absolute atomic E-state index is 0.0621. The van der Waals surface area contributed by atoms with Crippen molar-refractivity contribution in [3.63, 3.8) is 0 Å². The molecule has 4 aromatic rings. The molecule has 7 heteroatoms. The van der Waals surface area contributed by atoms with Crippen LogP contribution in [-0.2, 0) is 12.8 Å². The second-order valence-electron chi connectivity index (χ2n) is 9.12. The van der Waals surface area contributed by atoms with Crippen LogP contribution in [0.5, 0.6) is 11.5 Å². The molecule has 1 aliphatic heterocycles. The molecule has 0 unspecified atom stereocenters. The Hall–Kier alpha value is -2.83. The van der Waals surface area contributed by atoms with E-state index in [2.05, 4.69) is 15.3 Å². The number of nitrogens with one attached hydrogen (secondary N) is 2. The molecule has 2 N–H and O–H groups in total. The maximum absolute atomic E-state index is 14.0. The van der Waals surface area contributed by atoms with Gasteiger partial charge in [0.15, 0.2) is 11.5 Å². The van der Waals surface area contributed by atoms with Gasteiger partial charge in [-0.1, -0.05) is 11.6 Å². The van der Waals surface area contributed by atoms with Crippen molar-refractivity contribution in [2.45, 2.75) is 32.3 Å². The number of halogens is 2. The Morgan fingerprint density at radius 1 is 1.18 bits per heavy atom. The first-order valence-electron chi connectivity index (χ1n) is 11.4. The number of rotatable bonds is 4. The molecule has 0 saturated heterocycles. The fourth-order valence-electron chi connectivity index (χ4n) is 5.09. The monoisotopic (exact) mass is 465 g/mol. The number of pyridine rings is 1. The summed E-state index contributed by atoms with van der Waals surface area (Å²) in [6.07, 6.45) is 2.91. The number of fused-ring (bicyclic) bond motifs is 6. The smallest absolute Gasteiger partial charge is 0.171 e. The van der Waals surface area contributed by atoms with Gasteiger partial charge in [-0.3, -0.25) is 4.98 Å². The zero-order valence-electron chi connectivity index (χ0n) is 18.4. The Labute approximate surface area is 196 Å². The van der Waals surface area contributed by atoms with E-state index in [0.717, 1.165) is 64.8 Å². The molecule has 1 aliphatic carbocycles. The molecular weight excluding hydrogens is 441 g/mol. The molecule has 0 bridgehead atoms. The molecule has 6 rings (SSSR count). The average Bonchev–Trinajstić information content (AvgIpc) is 3.15. The van der Waals surface area contributed by atoms with Crippen LogP contribution < -0.4 is 14.8 Å². The van der Waals surface area contributed by atoms with E-state index in [9.17, 15) is 4.39 Å². The fourth-order valence-corrected chi connectivity index (χ4v) is 5.25. The number of ether oxygens (including phenoxy) is 2. The summed E-state index contributed by atoms with van der Waals surface area (Å²) in [4.78, 5) is 8.02. The normalized spacial score (nSPS) is 19.7. The summed E-state index contributed by atoms with van der Waals surface area (Å²) in [6, 6.07) is 11.2. The molecule has 2 aliphatic rings. The first-order valence-corrected chi connectivity index (χ1v) is 11.8. The summed E-state index contributed by atoms with van der Waals surface area (Å²) in [5, 5.41) is 5.67. The topological polar surface area (TPSA) is 59.2 Å². The Morgan fingerprint density at radius 3 is 3.00 bits per heavy atom. The molecule has 170 valence electrons. The second kappa shape index (κ2) is 8.19. The van der Waals surface area contributed by atoms with Crippen molar-refractivity contribution in [2.24, 2.45) is 5.92 Å². The lowest BCUT2D eigenvalue weighted by Crippen LogP contribution is -2.40. The number of H-pyrrole nitrogens is 1. The summed E-state index contributed by atoms with van der Waals surface area (Å²) in [6.45, 7) is 4.09. The SMILES string of the molecule is Cc1ccc2c3c(ccc2n1)OC[C@H](CNC[C@H]1CCc2[nH]c4cc(Cl)c(F)cc4c2C1)O3. The maximum Gasteiger partial charge on any atom is 0.171 e. The van der Waals surface area contributed by atoms with Gasteiger partial charge in [0.2, 0.25) is 0 Å². The predicted octanol–water partition coefficient (Wildman–Crippen LogP) is 5.35. The van der Waals surface area contributed by atoms with Gasteiger partial charge in [-0.2, -0.15) is 0 Å². The van der Waals surface area contributed by atoms with Crippen LogP contribution in [0.1, 0.15) is 23.4 Å². The van der Waals surface area contributed by atoms with Crippen LogP contribution >= 0.6 is 11.6 Å². The van der Waals surface area contributed by atoms with Gasteiger partial charge in [0.25, 0.3) is 0 Å². The number of aryl methyl sites for hydroxylation is 2. The van der Waals surface area contributed by atoms with Crippen molar-refractivity contribution in [1.29, 1.82) is 0 Å². The molecule has 2 atom stereocenters. The predicted molar refractivity (Wildman–Crippen MR) is 128 cm³/mol. The minimum atomic E-state index is -0.362. The standard InChI is InChI=1S/C26H25ClFN3O2/c1-14-2-4-17-22(30-14)6-7-25-26(17)33-16(13-32-25)12-29-11-15-3-5-23-18(8-15)19-9-21(28)20(27)10-24(19)31-23/h2,4,6-7,9-10,15-16,29,31H,3,5,8,11-13H2,1H3/t15-,16-/m0/s1. The third kappa shape index (κ3) is 3.81. The van der Waals surface area contributed by atoms with Gasteiger partial charge in [-0.05, 0) is 80.6 Å². The van der Waals surface area contributed by atoms with E-state index in [1.807, 2.05) is 31.2 Å². The molecule has 0 spiro atoms. The zero-order chi connectivity index (χ0) is 22.5. The lowest BCUT2D eigenvalue weighted by atomic mass is 9.86. The average molecular weight is 466 g/mol. The molecule has 33 heavy (non-hydrogen) atoms. The summed E-state index contributed by atoms with van der Waals surface area (Å²) in [5.74, 6) is 1.68. The van der Waals surface area contributed by atoms with Crippen molar-refractivity contribution in [1.82, 2.24) is 15.3 Å². The largest absolute Gasteiger partial charge is 0.486 e. The van der Waals surface area contributed by atoms with Gasteiger partial charge >= 0.3 is 0 Å². The van der Waals surface area contributed by atoms with Crippen molar-refractivity contribution in [2.75, 3.05) is 19.7 Å². The Bertz CT molecular complexity index is 1370. The number of aromatic nitrogens is 2. The number of nitrogens with zero attached hydrogens (tertiary/aromatic N) is 1. The van der Waals surface area contributed by atoms with Gasteiger partial charge in [0.1, 0.15) is 18.5 Å². The van der Waals surface area contributed by atoms with Gasteiger partial charge in [0, 0.05) is 34.2 Å².